The van der Waals surface area contributed by atoms with E-state index in [1.54, 1.807) is 42.6 Å². The number of nitrogens with zero attached hydrogens (tertiary/aromatic N) is 2. The first-order chi connectivity index (χ1) is 13.3. The average molecular weight is 416 g/mol. The van der Waals surface area contributed by atoms with Crippen LogP contribution in [0.4, 0.5) is 11.5 Å². The maximum absolute atomic E-state index is 12.9. The number of hydrogen-bond donors (Lipinski definition) is 1. The van der Waals surface area contributed by atoms with Crippen molar-refractivity contribution in [3.8, 4) is 0 Å². The number of nitrogens with one attached hydrogen (secondary N) is 1. The first-order valence-electron chi connectivity index (χ1n) is 8.36. The van der Waals surface area contributed by atoms with Gasteiger partial charge in [-0.3, -0.25) is 9.10 Å². The van der Waals surface area contributed by atoms with Crippen molar-refractivity contribution < 1.29 is 13.2 Å². The van der Waals surface area contributed by atoms with Crippen LogP contribution in [0.15, 0.2) is 71.8 Å². The summed E-state index contributed by atoms with van der Waals surface area (Å²) in [6.07, 6.45) is 1.64. The first kappa shape index (κ1) is 19.9. The number of sulfonamides is 1. The fraction of sp³-hybridized carbons (Fsp3) is 0.100. The van der Waals surface area contributed by atoms with Crippen LogP contribution in [-0.2, 0) is 10.0 Å². The molecule has 0 radical (unpaired) electrons. The Labute approximate surface area is 168 Å². The quantitative estimate of drug-likeness (QED) is 0.679. The van der Waals surface area contributed by atoms with Crippen LogP contribution in [0.5, 0.6) is 0 Å². The van der Waals surface area contributed by atoms with Gasteiger partial charge in [-0.15, -0.1) is 0 Å². The van der Waals surface area contributed by atoms with E-state index in [1.807, 2.05) is 13.0 Å². The van der Waals surface area contributed by atoms with Crippen LogP contribution >= 0.6 is 11.6 Å². The molecule has 0 spiro atoms. The van der Waals surface area contributed by atoms with Crippen molar-refractivity contribution in [1.29, 1.82) is 0 Å². The Hall–Kier alpha value is -2.90. The Morgan fingerprint density at radius 2 is 1.79 bits per heavy atom. The molecule has 0 saturated heterocycles. The van der Waals surface area contributed by atoms with E-state index in [0.29, 0.717) is 16.5 Å². The molecule has 0 atom stereocenters. The van der Waals surface area contributed by atoms with Gasteiger partial charge in [-0.1, -0.05) is 23.7 Å². The molecule has 144 valence electrons. The number of aromatic nitrogens is 1. The third-order valence-corrected chi connectivity index (χ3v) is 6.13. The standard InChI is InChI=1S/C20H18ClN3O3S/c1-14-6-11-19(22-13-14)23-20(25)15-4-3-5-18(12-15)28(26,27)24(2)17-9-7-16(21)8-10-17/h3-13H,1-2H3,(H,22,23,25). The zero-order valence-corrected chi connectivity index (χ0v) is 16.8. The third kappa shape index (κ3) is 4.32. The predicted molar refractivity (Wildman–Crippen MR) is 110 cm³/mol. The van der Waals surface area contributed by atoms with E-state index in [2.05, 4.69) is 10.3 Å². The highest BCUT2D eigenvalue weighted by atomic mass is 35.5. The molecule has 0 aliphatic rings. The van der Waals surface area contributed by atoms with Crippen LogP contribution in [-0.4, -0.2) is 26.4 Å². The molecule has 0 aliphatic carbocycles. The highest BCUT2D eigenvalue weighted by molar-refractivity contribution is 7.92. The molecular weight excluding hydrogens is 398 g/mol. The van der Waals surface area contributed by atoms with E-state index in [1.165, 1.54) is 25.2 Å². The van der Waals surface area contributed by atoms with Crippen LogP contribution in [0, 0.1) is 6.92 Å². The van der Waals surface area contributed by atoms with Crippen molar-refractivity contribution in [1.82, 2.24) is 4.98 Å². The van der Waals surface area contributed by atoms with Gasteiger partial charge in [0, 0.05) is 23.8 Å². The SMILES string of the molecule is Cc1ccc(NC(=O)c2cccc(S(=O)(=O)N(C)c3ccc(Cl)cc3)c2)nc1. The van der Waals surface area contributed by atoms with Gasteiger partial charge >= 0.3 is 0 Å². The van der Waals surface area contributed by atoms with Gasteiger partial charge in [-0.25, -0.2) is 13.4 Å². The van der Waals surface area contributed by atoms with Gasteiger partial charge < -0.3 is 5.32 Å². The van der Waals surface area contributed by atoms with E-state index in [9.17, 15) is 13.2 Å². The minimum absolute atomic E-state index is 0.00876. The number of halogens is 1. The van der Waals surface area contributed by atoms with E-state index < -0.39 is 15.9 Å². The lowest BCUT2D eigenvalue weighted by Crippen LogP contribution is -2.26. The van der Waals surface area contributed by atoms with E-state index >= 15 is 0 Å². The second-order valence-corrected chi connectivity index (χ2v) is 8.56. The molecule has 6 nitrogen and oxygen atoms in total. The van der Waals surface area contributed by atoms with Gasteiger partial charge in [-0.05, 0) is 61.0 Å². The van der Waals surface area contributed by atoms with Crippen molar-refractivity contribution in [2.24, 2.45) is 0 Å². The topological polar surface area (TPSA) is 79.4 Å². The minimum Gasteiger partial charge on any atom is -0.307 e. The molecule has 0 unspecified atom stereocenters. The molecule has 1 heterocycles. The lowest BCUT2D eigenvalue weighted by atomic mass is 10.2. The fourth-order valence-electron chi connectivity index (χ4n) is 2.48. The highest BCUT2D eigenvalue weighted by Gasteiger charge is 2.22. The summed E-state index contributed by atoms with van der Waals surface area (Å²) in [6.45, 7) is 1.89. The Bertz CT molecular complexity index is 1100. The Kier molecular flexibility index (Phi) is 5.67. The zero-order chi connectivity index (χ0) is 20.3. The first-order valence-corrected chi connectivity index (χ1v) is 10.2. The second kappa shape index (κ2) is 8.00. The van der Waals surface area contributed by atoms with E-state index in [0.717, 1.165) is 9.87 Å². The smallest absolute Gasteiger partial charge is 0.264 e. The van der Waals surface area contributed by atoms with Crippen LogP contribution in [0.25, 0.3) is 0 Å². The summed E-state index contributed by atoms with van der Waals surface area (Å²) in [7, 11) is -2.40. The van der Waals surface area contributed by atoms with Gasteiger partial charge in [0.1, 0.15) is 5.82 Å². The third-order valence-electron chi connectivity index (χ3n) is 4.10. The number of rotatable bonds is 5. The summed E-state index contributed by atoms with van der Waals surface area (Å²) in [5, 5.41) is 3.17. The lowest BCUT2D eigenvalue weighted by molar-refractivity contribution is 0.102. The highest BCUT2D eigenvalue weighted by Crippen LogP contribution is 2.24. The van der Waals surface area contributed by atoms with Crippen molar-refractivity contribution in [3.05, 3.63) is 83.0 Å². The molecule has 28 heavy (non-hydrogen) atoms. The number of carbonyl (C=O) groups is 1. The second-order valence-electron chi connectivity index (χ2n) is 6.15. The van der Waals surface area contributed by atoms with Crippen LogP contribution in [0.2, 0.25) is 5.02 Å². The lowest BCUT2D eigenvalue weighted by Gasteiger charge is -2.20. The van der Waals surface area contributed by atoms with Crippen molar-refractivity contribution in [3.63, 3.8) is 0 Å². The Morgan fingerprint density at radius 1 is 1.07 bits per heavy atom. The molecule has 1 N–H and O–H groups in total. The summed E-state index contributed by atoms with van der Waals surface area (Å²) in [5.74, 6) is -0.0512. The number of aryl methyl sites for hydroxylation is 1. The van der Waals surface area contributed by atoms with Crippen LogP contribution in [0.1, 0.15) is 15.9 Å². The zero-order valence-electron chi connectivity index (χ0n) is 15.3. The molecule has 3 rings (SSSR count). The molecule has 3 aromatic rings. The number of pyridine rings is 1. The van der Waals surface area contributed by atoms with Gasteiger partial charge in [-0.2, -0.15) is 0 Å². The minimum atomic E-state index is -3.84. The molecular formula is C20H18ClN3O3S. The van der Waals surface area contributed by atoms with Gasteiger partial charge in [0.15, 0.2) is 0 Å². The largest absolute Gasteiger partial charge is 0.307 e. The number of hydrogen-bond acceptors (Lipinski definition) is 4. The average Bonchev–Trinajstić information content (AvgIpc) is 2.70. The Morgan fingerprint density at radius 3 is 2.43 bits per heavy atom. The summed E-state index contributed by atoms with van der Waals surface area (Å²) >= 11 is 5.86. The number of benzene rings is 2. The Balaban J connectivity index is 1.86. The molecule has 0 fully saturated rings. The molecule has 0 aliphatic heterocycles. The summed E-state index contributed by atoms with van der Waals surface area (Å²) < 4.78 is 27.0. The molecule has 1 aromatic heterocycles. The predicted octanol–water partition coefficient (Wildman–Crippen LogP) is 4.12. The van der Waals surface area contributed by atoms with Gasteiger partial charge in [0.2, 0.25) is 0 Å². The number of anilines is 2. The van der Waals surface area contributed by atoms with Gasteiger partial charge in [0.25, 0.3) is 15.9 Å². The van der Waals surface area contributed by atoms with E-state index in [4.69, 9.17) is 11.6 Å². The normalized spacial score (nSPS) is 11.1. The maximum atomic E-state index is 12.9. The number of amides is 1. The molecule has 0 bridgehead atoms. The summed E-state index contributed by atoms with van der Waals surface area (Å²) in [6, 6.07) is 15.8. The monoisotopic (exact) mass is 415 g/mol. The maximum Gasteiger partial charge on any atom is 0.264 e. The van der Waals surface area contributed by atoms with Crippen LogP contribution in [0.3, 0.4) is 0 Å². The van der Waals surface area contributed by atoms with Crippen LogP contribution < -0.4 is 9.62 Å². The molecule has 1 amide bonds. The van der Waals surface area contributed by atoms with Crippen molar-refractivity contribution in [2.75, 3.05) is 16.7 Å². The van der Waals surface area contributed by atoms with Crippen molar-refractivity contribution >= 4 is 39.0 Å². The van der Waals surface area contributed by atoms with E-state index in [-0.39, 0.29) is 10.5 Å². The fourth-order valence-corrected chi connectivity index (χ4v) is 3.84. The summed E-state index contributed by atoms with van der Waals surface area (Å²) in [5.41, 5.74) is 1.65. The molecule has 0 saturated carbocycles. The molecule has 2 aromatic carbocycles. The summed E-state index contributed by atoms with van der Waals surface area (Å²) in [4.78, 5) is 16.6. The van der Waals surface area contributed by atoms with Gasteiger partial charge in [0.05, 0.1) is 10.6 Å². The number of carbonyl (C=O) groups excluding carboxylic acids is 1. The molecule has 8 heteroatoms. The van der Waals surface area contributed by atoms with Crippen molar-refractivity contribution in [2.45, 2.75) is 11.8 Å².